The minimum Gasteiger partial charge on any atom is -0.494 e. The normalized spacial score (nSPS) is 15.0. The van der Waals surface area contributed by atoms with Crippen LogP contribution in [-0.2, 0) is 21.2 Å². The second-order valence-electron chi connectivity index (χ2n) is 7.61. The lowest BCUT2D eigenvalue weighted by Crippen LogP contribution is -2.36. The second-order valence-corrected chi connectivity index (χ2v) is 9.32. The van der Waals surface area contributed by atoms with Crippen LogP contribution in [0.4, 0.5) is 5.69 Å². The SMILES string of the molecule is CCOc1ccc(NC(=O)CCc2ccc(S(=O)(=O)NC3CCCCC3)cc2)cc1. The zero-order valence-corrected chi connectivity index (χ0v) is 18.2. The van der Waals surface area contributed by atoms with Crippen molar-refractivity contribution in [2.75, 3.05) is 11.9 Å². The molecular formula is C23H30N2O4S. The first kappa shape index (κ1) is 22.3. The first-order valence-electron chi connectivity index (χ1n) is 10.6. The van der Waals surface area contributed by atoms with Crippen LogP contribution in [0.25, 0.3) is 0 Å². The Kier molecular flexibility index (Phi) is 7.87. The summed E-state index contributed by atoms with van der Waals surface area (Å²) in [6, 6.07) is 14.1. The molecule has 30 heavy (non-hydrogen) atoms. The van der Waals surface area contributed by atoms with Crippen molar-refractivity contribution in [2.45, 2.75) is 62.8 Å². The molecule has 1 amide bonds. The van der Waals surface area contributed by atoms with Gasteiger partial charge in [0.05, 0.1) is 11.5 Å². The molecule has 0 atom stereocenters. The number of nitrogens with one attached hydrogen (secondary N) is 2. The van der Waals surface area contributed by atoms with Crippen molar-refractivity contribution in [1.82, 2.24) is 4.72 Å². The molecular weight excluding hydrogens is 400 g/mol. The van der Waals surface area contributed by atoms with Gasteiger partial charge in [-0.1, -0.05) is 31.4 Å². The van der Waals surface area contributed by atoms with Gasteiger partial charge >= 0.3 is 0 Å². The number of hydrogen-bond acceptors (Lipinski definition) is 4. The fraction of sp³-hybridized carbons (Fsp3) is 0.435. The molecule has 0 saturated heterocycles. The zero-order valence-electron chi connectivity index (χ0n) is 17.4. The molecule has 0 unspecified atom stereocenters. The highest BCUT2D eigenvalue weighted by atomic mass is 32.2. The van der Waals surface area contributed by atoms with Gasteiger partial charge in [0.15, 0.2) is 0 Å². The third kappa shape index (κ3) is 6.57. The number of ether oxygens (including phenoxy) is 1. The van der Waals surface area contributed by atoms with Crippen molar-refractivity contribution in [3.05, 3.63) is 54.1 Å². The lowest BCUT2D eigenvalue weighted by Gasteiger charge is -2.22. The van der Waals surface area contributed by atoms with Gasteiger partial charge in [0.1, 0.15) is 5.75 Å². The summed E-state index contributed by atoms with van der Waals surface area (Å²) in [5.74, 6) is 0.679. The highest BCUT2D eigenvalue weighted by Gasteiger charge is 2.21. The molecule has 2 aromatic rings. The summed E-state index contributed by atoms with van der Waals surface area (Å²) in [5, 5.41) is 2.86. The van der Waals surface area contributed by atoms with Crippen LogP contribution >= 0.6 is 0 Å². The summed E-state index contributed by atoms with van der Waals surface area (Å²) in [6.07, 6.45) is 6.00. The first-order chi connectivity index (χ1) is 14.5. The van der Waals surface area contributed by atoms with Crippen LogP contribution in [0.3, 0.4) is 0 Å². The number of sulfonamides is 1. The monoisotopic (exact) mass is 430 g/mol. The van der Waals surface area contributed by atoms with Crippen molar-refractivity contribution in [2.24, 2.45) is 0 Å². The minimum atomic E-state index is -3.50. The van der Waals surface area contributed by atoms with Gasteiger partial charge < -0.3 is 10.1 Å². The van der Waals surface area contributed by atoms with Gasteiger partial charge in [-0.25, -0.2) is 13.1 Å². The number of anilines is 1. The average molecular weight is 431 g/mol. The van der Waals surface area contributed by atoms with Crippen LogP contribution in [0.5, 0.6) is 5.75 Å². The smallest absolute Gasteiger partial charge is 0.240 e. The molecule has 0 heterocycles. The maximum Gasteiger partial charge on any atom is 0.240 e. The van der Waals surface area contributed by atoms with E-state index >= 15 is 0 Å². The molecule has 0 spiro atoms. The van der Waals surface area contributed by atoms with Crippen LogP contribution in [0, 0.1) is 0 Å². The van der Waals surface area contributed by atoms with Gasteiger partial charge in [-0.05, 0) is 68.1 Å². The van der Waals surface area contributed by atoms with E-state index in [-0.39, 0.29) is 16.8 Å². The molecule has 162 valence electrons. The van der Waals surface area contributed by atoms with Crippen molar-refractivity contribution in [3.63, 3.8) is 0 Å². The summed E-state index contributed by atoms with van der Waals surface area (Å²) < 4.78 is 33.3. The molecule has 6 nitrogen and oxygen atoms in total. The van der Waals surface area contributed by atoms with E-state index in [4.69, 9.17) is 4.74 Å². The Bertz CT molecular complexity index is 919. The van der Waals surface area contributed by atoms with Gasteiger partial charge in [-0.15, -0.1) is 0 Å². The molecule has 0 aliphatic heterocycles. The number of carbonyl (C=O) groups excluding carboxylic acids is 1. The van der Waals surface area contributed by atoms with Crippen molar-refractivity contribution < 1.29 is 17.9 Å². The molecule has 0 radical (unpaired) electrons. The maximum absolute atomic E-state index is 12.6. The first-order valence-corrected chi connectivity index (χ1v) is 12.1. The summed E-state index contributed by atoms with van der Waals surface area (Å²) >= 11 is 0. The third-order valence-electron chi connectivity index (χ3n) is 5.25. The predicted molar refractivity (Wildman–Crippen MR) is 118 cm³/mol. The number of benzene rings is 2. The minimum absolute atomic E-state index is 0.0368. The van der Waals surface area contributed by atoms with E-state index in [1.807, 2.05) is 31.2 Å². The largest absolute Gasteiger partial charge is 0.494 e. The van der Waals surface area contributed by atoms with E-state index in [1.54, 1.807) is 24.3 Å². The van der Waals surface area contributed by atoms with Gasteiger partial charge in [-0.3, -0.25) is 4.79 Å². The lowest BCUT2D eigenvalue weighted by molar-refractivity contribution is -0.116. The average Bonchev–Trinajstić information content (AvgIpc) is 2.75. The quantitative estimate of drug-likeness (QED) is 0.622. The Labute approximate surface area is 179 Å². The third-order valence-corrected chi connectivity index (χ3v) is 6.79. The molecule has 0 aromatic heterocycles. The van der Waals surface area contributed by atoms with E-state index in [9.17, 15) is 13.2 Å². The Balaban J connectivity index is 1.49. The number of rotatable bonds is 9. The number of hydrogen-bond donors (Lipinski definition) is 2. The van der Waals surface area contributed by atoms with Crippen molar-refractivity contribution in [1.29, 1.82) is 0 Å². The standard InChI is InChI=1S/C23H30N2O4S/c1-2-29-21-13-11-19(12-14-21)24-23(26)17-10-18-8-15-22(16-9-18)30(27,28)25-20-6-4-3-5-7-20/h8-9,11-16,20,25H,2-7,10,17H2,1H3,(H,24,26). The Morgan fingerprint density at radius 3 is 2.30 bits per heavy atom. The van der Waals surface area contributed by atoms with Crippen molar-refractivity contribution >= 4 is 21.6 Å². The second kappa shape index (κ2) is 10.6. The van der Waals surface area contributed by atoms with Gasteiger partial charge in [-0.2, -0.15) is 0 Å². The Hall–Kier alpha value is -2.38. The molecule has 2 aromatic carbocycles. The van der Waals surface area contributed by atoms with Gasteiger partial charge in [0, 0.05) is 18.2 Å². The Morgan fingerprint density at radius 1 is 1.00 bits per heavy atom. The highest BCUT2D eigenvalue weighted by Crippen LogP contribution is 2.20. The van der Waals surface area contributed by atoms with Gasteiger partial charge in [0.2, 0.25) is 15.9 Å². The molecule has 1 saturated carbocycles. The predicted octanol–water partition coefficient (Wildman–Crippen LogP) is 4.27. The van der Waals surface area contributed by atoms with Crippen LogP contribution in [0.1, 0.15) is 51.0 Å². The molecule has 3 rings (SSSR count). The lowest BCUT2D eigenvalue weighted by atomic mass is 9.96. The van der Waals surface area contributed by atoms with E-state index in [0.717, 1.165) is 42.7 Å². The van der Waals surface area contributed by atoms with Crippen LogP contribution in [0.2, 0.25) is 0 Å². The molecule has 2 N–H and O–H groups in total. The van der Waals surface area contributed by atoms with Crippen LogP contribution in [0.15, 0.2) is 53.4 Å². The zero-order chi connectivity index (χ0) is 21.4. The topological polar surface area (TPSA) is 84.5 Å². The fourth-order valence-electron chi connectivity index (χ4n) is 3.63. The van der Waals surface area contributed by atoms with E-state index in [1.165, 1.54) is 6.42 Å². The molecule has 1 aliphatic rings. The summed E-state index contributed by atoms with van der Waals surface area (Å²) in [6.45, 7) is 2.52. The van der Waals surface area contributed by atoms with E-state index < -0.39 is 10.0 Å². The number of aryl methyl sites for hydroxylation is 1. The number of amides is 1. The van der Waals surface area contributed by atoms with Crippen molar-refractivity contribution in [3.8, 4) is 5.75 Å². The van der Waals surface area contributed by atoms with Crippen LogP contribution in [-0.4, -0.2) is 27.0 Å². The van der Waals surface area contributed by atoms with E-state index in [0.29, 0.717) is 19.4 Å². The number of carbonyl (C=O) groups is 1. The summed E-state index contributed by atoms with van der Waals surface area (Å²) in [5.41, 5.74) is 1.65. The van der Waals surface area contributed by atoms with Gasteiger partial charge in [0.25, 0.3) is 0 Å². The summed E-state index contributed by atoms with van der Waals surface area (Å²) in [7, 11) is -3.50. The molecule has 1 fully saturated rings. The maximum atomic E-state index is 12.6. The molecule has 7 heteroatoms. The molecule has 0 bridgehead atoms. The fourth-order valence-corrected chi connectivity index (χ4v) is 4.93. The summed E-state index contributed by atoms with van der Waals surface area (Å²) in [4.78, 5) is 12.5. The molecule has 1 aliphatic carbocycles. The highest BCUT2D eigenvalue weighted by molar-refractivity contribution is 7.89. The van der Waals surface area contributed by atoms with Crippen LogP contribution < -0.4 is 14.8 Å². The van der Waals surface area contributed by atoms with E-state index in [2.05, 4.69) is 10.0 Å². The Morgan fingerprint density at radius 2 is 1.67 bits per heavy atom.